The summed E-state index contributed by atoms with van der Waals surface area (Å²) in [7, 11) is 0. The summed E-state index contributed by atoms with van der Waals surface area (Å²) in [5.41, 5.74) is 1.27. The maximum absolute atomic E-state index is 11.4. The van der Waals surface area contributed by atoms with E-state index in [0.717, 1.165) is 37.1 Å². The third-order valence-corrected chi connectivity index (χ3v) is 3.09. The minimum absolute atomic E-state index is 0.412. The van der Waals surface area contributed by atoms with E-state index in [1.807, 2.05) is 24.3 Å². The molecule has 1 nitrogen and oxygen atoms in total. The molecule has 1 aromatic rings. The Labute approximate surface area is 95.4 Å². The van der Waals surface area contributed by atoms with Crippen molar-refractivity contribution in [2.24, 2.45) is 5.92 Å². The monoisotopic (exact) mass is 222 g/mol. The van der Waals surface area contributed by atoms with Gasteiger partial charge in [0.1, 0.15) is 5.78 Å². The molecule has 1 aliphatic rings. The molecule has 0 N–H and O–H groups in total. The second kappa shape index (κ2) is 4.80. The van der Waals surface area contributed by atoms with Crippen molar-refractivity contribution in [1.29, 1.82) is 0 Å². The molecule has 0 aliphatic heterocycles. The van der Waals surface area contributed by atoms with Gasteiger partial charge in [-0.25, -0.2) is 0 Å². The Hall–Kier alpha value is -0.820. The first kappa shape index (κ1) is 10.7. The van der Waals surface area contributed by atoms with Crippen molar-refractivity contribution in [2.45, 2.75) is 32.1 Å². The van der Waals surface area contributed by atoms with Crippen molar-refractivity contribution in [1.82, 2.24) is 0 Å². The van der Waals surface area contributed by atoms with Crippen LogP contribution in [0.25, 0.3) is 0 Å². The van der Waals surface area contributed by atoms with Crippen LogP contribution in [0.15, 0.2) is 24.3 Å². The molecule has 2 heteroatoms. The number of hydrogen-bond acceptors (Lipinski definition) is 1. The van der Waals surface area contributed by atoms with E-state index in [4.69, 9.17) is 11.6 Å². The van der Waals surface area contributed by atoms with Gasteiger partial charge in [0, 0.05) is 17.4 Å². The molecule has 15 heavy (non-hydrogen) atoms. The lowest BCUT2D eigenvalue weighted by Crippen LogP contribution is -2.00. The van der Waals surface area contributed by atoms with E-state index < -0.39 is 0 Å². The Morgan fingerprint density at radius 1 is 1.27 bits per heavy atom. The zero-order chi connectivity index (χ0) is 10.7. The van der Waals surface area contributed by atoms with Gasteiger partial charge in [0.2, 0.25) is 0 Å². The smallest absolute Gasteiger partial charge is 0.135 e. The molecule has 0 spiro atoms. The fourth-order valence-electron chi connectivity index (χ4n) is 1.73. The van der Waals surface area contributed by atoms with Gasteiger partial charge in [-0.15, -0.1) is 0 Å². The van der Waals surface area contributed by atoms with Gasteiger partial charge >= 0.3 is 0 Å². The van der Waals surface area contributed by atoms with E-state index in [9.17, 15) is 4.79 Å². The fourth-order valence-corrected chi connectivity index (χ4v) is 1.85. The number of benzene rings is 1. The molecule has 0 saturated heterocycles. The molecule has 0 aromatic heterocycles. The maximum atomic E-state index is 11.4. The summed E-state index contributed by atoms with van der Waals surface area (Å²) in [6.45, 7) is 0. The Bertz CT molecular complexity index is 338. The zero-order valence-corrected chi connectivity index (χ0v) is 9.46. The lowest BCUT2D eigenvalue weighted by atomic mass is 10.1. The Morgan fingerprint density at radius 3 is 2.53 bits per heavy atom. The number of aryl methyl sites for hydroxylation is 1. The lowest BCUT2D eigenvalue weighted by molar-refractivity contribution is -0.120. The maximum Gasteiger partial charge on any atom is 0.135 e. The summed E-state index contributed by atoms with van der Waals surface area (Å²) in [6.07, 6.45) is 4.94. The number of carbonyl (C=O) groups is 1. The molecule has 2 rings (SSSR count). The summed E-state index contributed by atoms with van der Waals surface area (Å²) >= 11 is 5.79. The average Bonchev–Trinajstić information content (AvgIpc) is 3.04. The van der Waals surface area contributed by atoms with E-state index in [1.54, 1.807) is 0 Å². The molecule has 0 atom stereocenters. The third kappa shape index (κ3) is 3.35. The fraction of sp³-hybridized carbons (Fsp3) is 0.462. The van der Waals surface area contributed by atoms with Gasteiger partial charge in [-0.05, 0) is 43.4 Å². The van der Waals surface area contributed by atoms with Crippen LogP contribution < -0.4 is 0 Å². The number of Topliss-reactive ketones (excluding diaryl/α,β-unsaturated/α-hetero) is 1. The number of carbonyl (C=O) groups excluding carboxylic acids is 1. The molecule has 80 valence electrons. The van der Waals surface area contributed by atoms with Crippen LogP contribution in [0.4, 0.5) is 0 Å². The summed E-state index contributed by atoms with van der Waals surface area (Å²) in [4.78, 5) is 11.4. The number of rotatable bonds is 5. The van der Waals surface area contributed by atoms with Gasteiger partial charge in [0.15, 0.2) is 0 Å². The summed E-state index contributed by atoms with van der Waals surface area (Å²) < 4.78 is 0. The van der Waals surface area contributed by atoms with Crippen molar-refractivity contribution in [3.8, 4) is 0 Å². The van der Waals surface area contributed by atoms with Crippen LogP contribution in [-0.2, 0) is 11.2 Å². The van der Waals surface area contributed by atoms with E-state index in [-0.39, 0.29) is 0 Å². The quantitative estimate of drug-likeness (QED) is 0.744. The molecule has 0 heterocycles. The molecule has 0 bridgehead atoms. The van der Waals surface area contributed by atoms with Crippen LogP contribution >= 0.6 is 11.6 Å². The second-order valence-electron chi connectivity index (χ2n) is 4.22. The summed E-state index contributed by atoms with van der Waals surface area (Å²) in [6, 6.07) is 7.87. The SMILES string of the molecule is O=C(CCCc1ccc(Cl)cc1)C1CC1. The highest BCUT2D eigenvalue weighted by Gasteiger charge is 2.28. The molecule has 1 aliphatic carbocycles. The van der Waals surface area contributed by atoms with Gasteiger partial charge < -0.3 is 0 Å². The molecule has 0 amide bonds. The molecular formula is C13H15ClO. The molecule has 1 fully saturated rings. The Balaban J connectivity index is 1.73. The minimum atomic E-state index is 0.412. The molecular weight excluding hydrogens is 208 g/mol. The van der Waals surface area contributed by atoms with Gasteiger partial charge in [-0.2, -0.15) is 0 Å². The van der Waals surface area contributed by atoms with Crippen molar-refractivity contribution in [3.63, 3.8) is 0 Å². The third-order valence-electron chi connectivity index (χ3n) is 2.83. The van der Waals surface area contributed by atoms with Gasteiger partial charge in [0.05, 0.1) is 0 Å². The first-order valence-electron chi connectivity index (χ1n) is 5.53. The summed E-state index contributed by atoms with van der Waals surface area (Å²) in [5, 5.41) is 0.771. The van der Waals surface area contributed by atoms with Gasteiger partial charge in [-0.3, -0.25) is 4.79 Å². The van der Waals surface area contributed by atoms with Crippen molar-refractivity contribution in [2.75, 3.05) is 0 Å². The highest BCUT2D eigenvalue weighted by Crippen LogP contribution is 2.31. The first-order chi connectivity index (χ1) is 7.25. The zero-order valence-electron chi connectivity index (χ0n) is 8.71. The summed E-state index contributed by atoms with van der Waals surface area (Å²) in [5.74, 6) is 0.874. The molecule has 1 saturated carbocycles. The molecule has 0 radical (unpaired) electrons. The Kier molecular flexibility index (Phi) is 3.42. The Morgan fingerprint density at radius 2 is 1.93 bits per heavy atom. The van der Waals surface area contributed by atoms with E-state index >= 15 is 0 Å². The van der Waals surface area contributed by atoms with Crippen LogP contribution in [-0.4, -0.2) is 5.78 Å². The lowest BCUT2D eigenvalue weighted by Gasteiger charge is -2.01. The highest BCUT2D eigenvalue weighted by molar-refractivity contribution is 6.30. The van der Waals surface area contributed by atoms with Crippen molar-refractivity contribution in [3.05, 3.63) is 34.9 Å². The van der Waals surface area contributed by atoms with Crippen molar-refractivity contribution >= 4 is 17.4 Å². The number of ketones is 1. The highest BCUT2D eigenvalue weighted by atomic mass is 35.5. The number of hydrogen-bond donors (Lipinski definition) is 0. The van der Waals surface area contributed by atoms with Crippen LogP contribution in [0.2, 0.25) is 5.02 Å². The predicted molar refractivity (Wildman–Crippen MR) is 62.1 cm³/mol. The minimum Gasteiger partial charge on any atom is -0.299 e. The van der Waals surface area contributed by atoms with Crippen LogP contribution in [0.5, 0.6) is 0 Å². The standard InChI is InChI=1S/C13H15ClO/c14-12-8-4-10(5-9-12)2-1-3-13(15)11-6-7-11/h4-5,8-9,11H,1-3,6-7H2. The van der Waals surface area contributed by atoms with Gasteiger partial charge in [0.25, 0.3) is 0 Å². The second-order valence-corrected chi connectivity index (χ2v) is 4.66. The van der Waals surface area contributed by atoms with Crippen molar-refractivity contribution < 1.29 is 4.79 Å². The first-order valence-corrected chi connectivity index (χ1v) is 5.90. The van der Waals surface area contributed by atoms with Crippen LogP contribution in [0.1, 0.15) is 31.2 Å². The topological polar surface area (TPSA) is 17.1 Å². The average molecular weight is 223 g/mol. The van der Waals surface area contributed by atoms with E-state index in [0.29, 0.717) is 11.7 Å². The largest absolute Gasteiger partial charge is 0.299 e. The van der Waals surface area contributed by atoms with Crippen LogP contribution in [0, 0.1) is 5.92 Å². The molecule has 1 aromatic carbocycles. The van der Waals surface area contributed by atoms with E-state index in [2.05, 4.69) is 0 Å². The normalized spacial score (nSPS) is 15.3. The predicted octanol–water partition coefficient (Wildman–Crippen LogP) is 3.64. The van der Waals surface area contributed by atoms with Crippen LogP contribution in [0.3, 0.4) is 0 Å². The van der Waals surface area contributed by atoms with Gasteiger partial charge in [-0.1, -0.05) is 23.7 Å². The number of halogens is 1. The molecule has 0 unspecified atom stereocenters. The van der Waals surface area contributed by atoms with E-state index in [1.165, 1.54) is 5.56 Å².